The number of ether oxygens (including phenoxy) is 1. The molecule has 0 spiro atoms. The van der Waals surface area contributed by atoms with Gasteiger partial charge in [-0.15, -0.1) is 0 Å². The maximum absolute atomic E-state index is 14.2. The molecule has 0 radical (unpaired) electrons. The van der Waals surface area contributed by atoms with E-state index in [-0.39, 0.29) is 25.5 Å². The summed E-state index contributed by atoms with van der Waals surface area (Å²) in [5.74, 6) is -8.18. The second-order valence-corrected chi connectivity index (χ2v) is 9.70. The SMILES string of the molecule is CC(C)(CCNC(=O)[C@@H]1[C@H](CNC(=O)OCC2c3ccccc3-c3ccccc32)C1(F)F)C(=O)O. The zero-order valence-corrected chi connectivity index (χ0v) is 19.5. The van der Waals surface area contributed by atoms with Crippen molar-refractivity contribution in [1.82, 2.24) is 10.6 Å². The number of carboxylic acids is 1. The van der Waals surface area contributed by atoms with Crippen LogP contribution in [0.5, 0.6) is 0 Å². The fourth-order valence-corrected chi connectivity index (χ4v) is 4.56. The molecule has 2 atom stereocenters. The molecule has 0 heterocycles. The van der Waals surface area contributed by atoms with Crippen molar-refractivity contribution in [2.75, 3.05) is 19.7 Å². The molecule has 1 fully saturated rings. The van der Waals surface area contributed by atoms with Crippen LogP contribution in [0.3, 0.4) is 0 Å². The number of halogens is 2. The van der Waals surface area contributed by atoms with Gasteiger partial charge in [0.25, 0.3) is 5.92 Å². The fraction of sp³-hybridized carbons (Fsp3) is 0.423. The van der Waals surface area contributed by atoms with E-state index in [1.165, 1.54) is 13.8 Å². The van der Waals surface area contributed by atoms with E-state index in [1.807, 2.05) is 48.5 Å². The molecule has 0 saturated heterocycles. The van der Waals surface area contributed by atoms with E-state index in [2.05, 4.69) is 10.6 Å². The third kappa shape index (κ3) is 4.85. The summed E-state index contributed by atoms with van der Waals surface area (Å²) in [5.41, 5.74) is 3.16. The number of hydrogen-bond acceptors (Lipinski definition) is 4. The lowest BCUT2D eigenvalue weighted by atomic mass is 9.90. The molecule has 0 aliphatic heterocycles. The quantitative estimate of drug-likeness (QED) is 0.497. The zero-order valence-electron chi connectivity index (χ0n) is 19.5. The zero-order chi connectivity index (χ0) is 25.4. The van der Waals surface area contributed by atoms with Gasteiger partial charge in [-0.05, 0) is 42.5 Å². The monoisotopic (exact) mass is 486 g/mol. The van der Waals surface area contributed by atoms with Crippen molar-refractivity contribution in [1.29, 1.82) is 0 Å². The number of fused-ring (bicyclic) bond motifs is 3. The highest BCUT2D eigenvalue weighted by atomic mass is 19.3. The van der Waals surface area contributed by atoms with Gasteiger partial charge < -0.3 is 20.5 Å². The number of benzene rings is 2. The van der Waals surface area contributed by atoms with Crippen molar-refractivity contribution >= 4 is 18.0 Å². The molecule has 0 bridgehead atoms. The van der Waals surface area contributed by atoms with Gasteiger partial charge in [-0.2, -0.15) is 0 Å². The number of aliphatic carboxylic acids is 1. The Morgan fingerprint density at radius 1 is 1.00 bits per heavy atom. The van der Waals surface area contributed by atoms with Crippen LogP contribution in [0.15, 0.2) is 48.5 Å². The average Bonchev–Trinajstić information content (AvgIpc) is 3.22. The van der Waals surface area contributed by atoms with Gasteiger partial charge in [0.05, 0.1) is 11.3 Å². The smallest absolute Gasteiger partial charge is 0.407 e. The van der Waals surface area contributed by atoms with Crippen LogP contribution in [-0.4, -0.2) is 48.7 Å². The van der Waals surface area contributed by atoms with Crippen molar-refractivity contribution in [3.05, 3.63) is 59.7 Å². The summed E-state index contributed by atoms with van der Waals surface area (Å²) >= 11 is 0. The maximum atomic E-state index is 14.2. The van der Waals surface area contributed by atoms with Gasteiger partial charge in [-0.3, -0.25) is 9.59 Å². The van der Waals surface area contributed by atoms with Gasteiger partial charge in [-0.1, -0.05) is 48.5 Å². The molecule has 1 saturated carbocycles. The first-order valence-electron chi connectivity index (χ1n) is 11.5. The van der Waals surface area contributed by atoms with Crippen molar-refractivity contribution < 1.29 is 33.0 Å². The van der Waals surface area contributed by atoms with Crippen LogP contribution in [0, 0.1) is 17.3 Å². The standard InChI is InChI=1S/C26H28F2N2O5/c1-25(2,23(32)33)11-12-29-22(31)21-20(26(21,27)28)13-30-24(34)35-14-19-17-9-5-3-7-15(17)16-8-4-6-10-18(16)19/h3-10,19-21H,11-14H2,1-2H3,(H,29,31)(H,30,34)(H,32,33)/t20-,21-/m0/s1. The number of carbonyl (C=O) groups is 3. The Kier molecular flexibility index (Phi) is 6.53. The number of carbonyl (C=O) groups excluding carboxylic acids is 2. The van der Waals surface area contributed by atoms with E-state index < -0.39 is 47.7 Å². The minimum Gasteiger partial charge on any atom is -0.481 e. The number of rotatable bonds is 9. The van der Waals surface area contributed by atoms with Gasteiger partial charge in [0.1, 0.15) is 12.5 Å². The molecule has 186 valence electrons. The Labute approximate surface area is 201 Å². The second-order valence-electron chi connectivity index (χ2n) is 9.70. The van der Waals surface area contributed by atoms with E-state index in [1.54, 1.807) is 0 Å². The van der Waals surface area contributed by atoms with Crippen LogP contribution >= 0.6 is 0 Å². The molecular formula is C26H28F2N2O5. The van der Waals surface area contributed by atoms with Crippen LogP contribution in [0.1, 0.15) is 37.3 Å². The first-order valence-corrected chi connectivity index (χ1v) is 11.5. The number of nitrogens with one attached hydrogen (secondary N) is 2. The lowest BCUT2D eigenvalue weighted by Gasteiger charge is -2.18. The fourth-order valence-electron chi connectivity index (χ4n) is 4.56. The lowest BCUT2D eigenvalue weighted by molar-refractivity contribution is -0.147. The highest BCUT2D eigenvalue weighted by Crippen LogP contribution is 2.55. The van der Waals surface area contributed by atoms with E-state index >= 15 is 0 Å². The van der Waals surface area contributed by atoms with Crippen LogP contribution in [0.4, 0.5) is 13.6 Å². The molecule has 2 aromatic rings. The molecule has 0 aromatic heterocycles. The molecule has 2 aromatic carbocycles. The molecule has 2 aliphatic rings. The summed E-state index contributed by atoms with van der Waals surface area (Å²) in [7, 11) is 0. The Morgan fingerprint density at radius 3 is 2.14 bits per heavy atom. The number of amides is 2. The Balaban J connectivity index is 1.26. The molecule has 4 rings (SSSR count). The van der Waals surface area contributed by atoms with Crippen molar-refractivity contribution in [3.8, 4) is 11.1 Å². The van der Waals surface area contributed by atoms with Crippen molar-refractivity contribution in [3.63, 3.8) is 0 Å². The minimum atomic E-state index is -3.25. The van der Waals surface area contributed by atoms with Gasteiger partial charge in [0.15, 0.2) is 0 Å². The molecule has 2 aliphatic carbocycles. The summed E-state index contributed by atoms with van der Waals surface area (Å²) in [6, 6.07) is 15.7. The Bertz CT molecular complexity index is 1100. The number of carboxylic acid groups (broad SMARTS) is 1. The van der Waals surface area contributed by atoms with Gasteiger partial charge in [-0.25, -0.2) is 13.6 Å². The molecule has 7 nitrogen and oxygen atoms in total. The van der Waals surface area contributed by atoms with Crippen molar-refractivity contribution in [2.45, 2.75) is 32.1 Å². The lowest BCUT2D eigenvalue weighted by Crippen LogP contribution is -2.34. The van der Waals surface area contributed by atoms with Crippen molar-refractivity contribution in [2.24, 2.45) is 17.3 Å². The predicted octanol–water partition coefficient (Wildman–Crippen LogP) is 4.02. The highest BCUT2D eigenvalue weighted by Gasteiger charge is 2.71. The average molecular weight is 487 g/mol. The second kappa shape index (κ2) is 9.28. The topological polar surface area (TPSA) is 105 Å². The van der Waals surface area contributed by atoms with Gasteiger partial charge >= 0.3 is 12.1 Å². The molecule has 9 heteroatoms. The maximum Gasteiger partial charge on any atom is 0.407 e. The molecular weight excluding hydrogens is 458 g/mol. The van der Waals surface area contributed by atoms with Crippen LogP contribution in [-0.2, 0) is 14.3 Å². The summed E-state index contributed by atoms with van der Waals surface area (Å²) in [6.45, 7) is 2.62. The normalized spacial score (nSPS) is 19.9. The van der Waals surface area contributed by atoms with Gasteiger partial charge in [0.2, 0.25) is 5.91 Å². The molecule has 35 heavy (non-hydrogen) atoms. The predicted molar refractivity (Wildman–Crippen MR) is 124 cm³/mol. The highest BCUT2D eigenvalue weighted by molar-refractivity contribution is 5.84. The van der Waals surface area contributed by atoms with Gasteiger partial charge in [0, 0.05) is 19.0 Å². The van der Waals surface area contributed by atoms with E-state index in [4.69, 9.17) is 9.84 Å². The molecule has 3 N–H and O–H groups in total. The third-order valence-corrected chi connectivity index (χ3v) is 6.92. The largest absolute Gasteiger partial charge is 0.481 e. The summed E-state index contributed by atoms with van der Waals surface area (Å²) in [6.07, 6.45) is -0.716. The van der Waals surface area contributed by atoms with Crippen LogP contribution in [0.2, 0.25) is 0 Å². The van der Waals surface area contributed by atoms with E-state index in [0.717, 1.165) is 22.3 Å². The summed E-state index contributed by atoms with van der Waals surface area (Å²) in [4.78, 5) is 35.6. The number of alkyl halides is 2. The van der Waals surface area contributed by atoms with E-state index in [9.17, 15) is 23.2 Å². The van der Waals surface area contributed by atoms with Crippen LogP contribution in [0.25, 0.3) is 11.1 Å². The Morgan fingerprint density at radius 2 is 1.57 bits per heavy atom. The van der Waals surface area contributed by atoms with Crippen LogP contribution < -0.4 is 10.6 Å². The summed E-state index contributed by atoms with van der Waals surface area (Å²) in [5, 5.41) is 13.8. The molecule has 0 unspecified atom stereocenters. The Hall–Kier alpha value is -3.49. The first-order chi connectivity index (χ1) is 16.5. The molecule has 2 amide bonds. The first kappa shape index (κ1) is 24.6. The number of hydrogen-bond donors (Lipinski definition) is 3. The third-order valence-electron chi connectivity index (χ3n) is 6.92. The number of alkyl carbamates (subject to hydrolysis) is 1. The summed E-state index contributed by atoms with van der Waals surface area (Å²) < 4.78 is 33.7. The van der Waals surface area contributed by atoms with E-state index in [0.29, 0.717) is 0 Å². The minimum absolute atomic E-state index is 0.0305.